The van der Waals surface area contributed by atoms with Crippen LogP contribution in [0.3, 0.4) is 0 Å². The van der Waals surface area contributed by atoms with E-state index in [1.807, 2.05) is 24.3 Å². The lowest BCUT2D eigenvalue weighted by molar-refractivity contribution is -0.138. The van der Waals surface area contributed by atoms with E-state index in [9.17, 15) is 29.1 Å². The summed E-state index contributed by atoms with van der Waals surface area (Å²) in [5, 5.41) is 12.5. The maximum atomic E-state index is 13.6. The van der Waals surface area contributed by atoms with E-state index >= 15 is 0 Å². The number of fused-ring (bicyclic) bond motifs is 3. The highest BCUT2D eigenvalue weighted by Crippen LogP contribution is 2.47. The molecule has 58 heavy (non-hydrogen) atoms. The zero-order valence-corrected chi connectivity index (χ0v) is 32.4. The molecule has 6 aliphatic rings. The molecule has 11 nitrogen and oxygen atoms in total. The van der Waals surface area contributed by atoms with Crippen molar-refractivity contribution in [3.63, 3.8) is 0 Å². The lowest BCUT2D eigenvalue weighted by Gasteiger charge is -2.44. The summed E-state index contributed by atoms with van der Waals surface area (Å²) in [6.07, 6.45) is 4.09. The maximum absolute atomic E-state index is 13.6. The molecule has 0 saturated carbocycles. The lowest BCUT2D eigenvalue weighted by atomic mass is 9.69. The number of imide groups is 2. The van der Waals surface area contributed by atoms with Crippen LogP contribution in [0.2, 0.25) is 0 Å². The number of hydrogen-bond acceptors (Lipinski definition) is 8. The number of nitrogens with one attached hydrogen (secondary N) is 1. The summed E-state index contributed by atoms with van der Waals surface area (Å²) in [5.41, 5.74) is 8.98. The molecule has 2 N–H and O–H groups in total. The highest BCUT2D eigenvalue weighted by molar-refractivity contribution is 6.23. The number of rotatable bonds is 7. The quantitative estimate of drug-likeness (QED) is 0.241. The van der Waals surface area contributed by atoms with Gasteiger partial charge in [0.15, 0.2) is 0 Å². The fourth-order valence-corrected chi connectivity index (χ4v) is 10.5. The Morgan fingerprint density at radius 2 is 1.41 bits per heavy atom. The fraction of sp³-hybridized carbons (Fsp3) is 0.383. The second-order valence-corrected chi connectivity index (χ2v) is 17.2. The average molecular weight is 778 g/mol. The second kappa shape index (κ2) is 14.5. The number of aromatic hydroxyl groups is 1. The van der Waals surface area contributed by atoms with E-state index in [0.29, 0.717) is 41.8 Å². The van der Waals surface area contributed by atoms with Gasteiger partial charge in [-0.05, 0) is 114 Å². The number of anilines is 1. The summed E-state index contributed by atoms with van der Waals surface area (Å²) in [5.74, 6) is -0.345. The van der Waals surface area contributed by atoms with Crippen LogP contribution < -0.4 is 10.2 Å². The molecule has 10 rings (SSSR count). The van der Waals surface area contributed by atoms with Crippen molar-refractivity contribution in [2.75, 3.05) is 37.6 Å². The molecule has 0 aromatic heterocycles. The van der Waals surface area contributed by atoms with Crippen molar-refractivity contribution >= 4 is 35.2 Å². The highest BCUT2D eigenvalue weighted by atomic mass is 16.3. The van der Waals surface area contributed by atoms with Gasteiger partial charge in [-0.3, -0.25) is 39.1 Å². The number of hydrogen-bond donors (Lipinski definition) is 2. The van der Waals surface area contributed by atoms with Gasteiger partial charge >= 0.3 is 0 Å². The minimum Gasteiger partial charge on any atom is -0.508 e. The standard InChI is InChI=1S/C47H47N5O6/c53-36-11-13-38-31(20-36)8-12-37(29-4-2-1-3-5-29)43(38)30-6-9-35(10-7-30)51-26-34(27-51)45(56)50-18-16-28(17-19-50)23-49-24-32-21-39-40(22-33(32)25-49)47(58)52(46(39)57)41-14-15-42(54)48-44(41)55/h1-7,9-11,13,20-22,28,34,37,41,43,53H,8,12,14-19,23-27H2,(H,48,54,55). The van der Waals surface area contributed by atoms with Gasteiger partial charge in [0.1, 0.15) is 11.8 Å². The average Bonchev–Trinajstić information content (AvgIpc) is 3.72. The Hall–Kier alpha value is -5.81. The van der Waals surface area contributed by atoms with Gasteiger partial charge in [-0.2, -0.15) is 0 Å². The van der Waals surface area contributed by atoms with Crippen molar-refractivity contribution < 1.29 is 29.1 Å². The molecule has 3 saturated heterocycles. The molecule has 0 radical (unpaired) electrons. The molecule has 296 valence electrons. The molecule has 11 heteroatoms. The Labute approximate surface area is 337 Å². The normalized spacial score (nSPS) is 23.7. The third kappa shape index (κ3) is 6.45. The molecule has 0 bridgehead atoms. The van der Waals surface area contributed by atoms with E-state index in [1.165, 1.54) is 22.3 Å². The summed E-state index contributed by atoms with van der Waals surface area (Å²) >= 11 is 0. The van der Waals surface area contributed by atoms with Crippen molar-refractivity contribution in [3.05, 3.63) is 129 Å². The number of phenolic OH excluding ortho intramolecular Hbond substituents is 1. The number of nitrogens with zero attached hydrogens (tertiary/aromatic N) is 4. The van der Waals surface area contributed by atoms with Crippen LogP contribution in [0.5, 0.6) is 5.75 Å². The summed E-state index contributed by atoms with van der Waals surface area (Å²) in [6.45, 7) is 5.22. The predicted molar refractivity (Wildman–Crippen MR) is 216 cm³/mol. The zero-order chi connectivity index (χ0) is 39.7. The number of amides is 5. The molecular weight excluding hydrogens is 731 g/mol. The van der Waals surface area contributed by atoms with Crippen molar-refractivity contribution in [3.8, 4) is 5.75 Å². The highest BCUT2D eigenvalue weighted by Gasteiger charge is 2.46. The molecule has 3 unspecified atom stereocenters. The SMILES string of the molecule is O=C1CCC(N2C(=O)c3cc4c(cc3C2=O)CN(CC2CCN(C(=O)C3CN(c5ccc(C6c7ccc(O)cc7CCC6c6ccccc6)cc5)C3)CC2)C4)C(=O)N1. The summed E-state index contributed by atoms with van der Waals surface area (Å²) in [6, 6.07) is 28.2. The van der Waals surface area contributed by atoms with E-state index in [1.54, 1.807) is 0 Å². The number of piperidine rings is 2. The minimum absolute atomic E-state index is 0.00273. The summed E-state index contributed by atoms with van der Waals surface area (Å²) in [4.78, 5) is 72.1. The van der Waals surface area contributed by atoms with Crippen LogP contribution in [-0.4, -0.2) is 88.1 Å². The smallest absolute Gasteiger partial charge is 0.262 e. The van der Waals surface area contributed by atoms with Crippen molar-refractivity contribution in [1.82, 2.24) is 20.0 Å². The Bertz CT molecular complexity index is 2290. The first-order chi connectivity index (χ1) is 28.2. The van der Waals surface area contributed by atoms with Crippen LogP contribution in [0.4, 0.5) is 5.69 Å². The Kier molecular flexibility index (Phi) is 9.15. The molecule has 4 aromatic rings. The Morgan fingerprint density at radius 1 is 0.724 bits per heavy atom. The van der Waals surface area contributed by atoms with Gasteiger partial charge in [0, 0.05) is 63.8 Å². The van der Waals surface area contributed by atoms with E-state index in [2.05, 4.69) is 80.7 Å². The summed E-state index contributed by atoms with van der Waals surface area (Å²) < 4.78 is 0. The van der Waals surface area contributed by atoms with Gasteiger partial charge < -0.3 is 14.9 Å². The number of benzene rings is 4. The molecule has 3 atom stereocenters. The van der Waals surface area contributed by atoms with Crippen molar-refractivity contribution in [2.24, 2.45) is 11.8 Å². The first kappa shape index (κ1) is 36.5. The second-order valence-electron chi connectivity index (χ2n) is 17.2. The van der Waals surface area contributed by atoms with Gasteiger partial charge in [0.25, 0.3) is 11.8 Å². The molecule has 1 aliphatic carbocycles. The molecule has 5 heterocycles. The Balaban J connectivity index is 0.717. The third-order valence-corrected chi connectivity index (χ3v) is 13.7. The predicted octanol–water partition coefficient (Wildman–Crippen LogP) is 5.35. The van der Waals surface area contributed by atoms with E-state index in [-0.39, 0.29) is 36.5 Å². The third-order valence-electron chi connectivity index (χ3n) is 13.7. The van der Waals surface area contributed by atoms with Crippen LogP contribution in [0.25, 0.3) is 0 Å². The van der Waals surface area contributed by atoms with E-state index < -0.39 is 23.8 Å². The number of aryl methyl sites for hydroxylation is 1. The number of carbonyl (C=O) groups is 5. The number of phenols is 1. The minimum atomic E-state index is -0.965. The van der Waals surface area contributed by atoms with E-state index in [4.69, 9.17) is 0 Å². The first-order valence-electron chi connectivity index (χ1n) is 20.8. The molecule has 5 aliphatic heterocycles. The van der Waals surface area contributed by atoms with Crippen LogP contribution in [-0.2, 0) is 33.9 Å². The van der Waals surface area contributed by atoms with Crippen molar-refractivity contribution in [1.29, 1.82) is 0 Å². The van der Waals surface area contributed by atoms with E-state index in [0.717, 1.165) is 80.1 Å². The molecule has 4 aromatic carbocycles. The number of carbonyl (C=O) groups excluding carboxylic acids is 5. The van der Waals surface area contributed by atoms with Gasteiger partial charge in [0.05, 0.1) is 17.0 Å². The first-order valence-corrected chi connectivity index (χ1v) is 20.8. The molecule has 5 amide bonds. The largest absolute Gasteiger partial charge is 0.508 e. The van der Waals surface area contributed by atoms with Gasteiger partial charge in [-0.15, -0.1) is 0 Å². The zero-order valence-electron chi connectivity index (χ0n) is 32.4. The van der Waals surface area contributed by atoms with Gasteiger partial charge in [0.2, 0.25) is 17.7 Å². The molecule has 3 fully saturated rings. The van der Waals surface area contributed by atoms with Crippen LogP contribution in [0, 0.1) is 11.8 Å². The monoisotopic (exact) mass is 777 g/mol. The number of likely N-dealkylation sites (tertiary alicyclic amines) is 1. The molecule has 0 spiro atoms. The van der Waals surface area contributed by atoms with Gasteiger partial charge in [-0.1, -0.05) is 48.5 Å². The van der Waals surface area contributed by atoms with Crippen molar-refractivity contribution in [2.45, 2.75) is 69.5 Å². The lowest BCUT2D eigenvalue weighted by Crippen LogP contribution is -2.56. The van der Waals surface area contributed by atoms with Crippen LogP contribution in [0.15, 0.2) is 84.9 Å². The molecular formula is C47H47N5O6. The topological polar surface area (TPSA) is 131 Å². The summed E-state index contributed by atoms with van der Waals surface area (Å²) in [7, 11) is 0. The fourth-order valence-electron chi connectivity index (χ4n) is 10.5. The van der Waals surface area contributed by atoms with Crippen LogP contribution >= 0.6 is 0 Å². The van der Waals surface area contributed by atoms with Crippen LogP contribution in [0.1, 0.15) is 98.0 Å². The Morgan fingerprint density at radius 3 is 2.09 bits per heavy atom. The van der Waals surface area contributed by atoms with Gasteiger partial charge in [-0.25, -0.2) is 0 Å². The maximum Gasteiger partial charge on any atom is 0.262 e.